The molecule has 1 saturated carbocycles. The predicted octanol–water partition coefficient (Wildman–Crippen LogP) is 2.80. The van der Waals surface area contributed by atoms with Crippen molar-refractivity contribution < 1.29 is 4.79 Å². The molecule has 1 aliphatic rings. The van der Waals surface area contributed by atoms with Crippen LogP contribution in [-0.2, 0) is 0 Å². The highest BCUT2D eigenvalue weighted by atomic mass is 32.1. The van der Waals surface area contributed by atoms with Crippen molar-refractivity contribution in [3.63, 3.8) is 0 Å². The van der Waals surface area contributed by atoms with Crippen molar-refractivity contribution in [1.29, 1.82) is 0 Å². The van der Waals surface area contributed by atoms with E-state index in [1.54, 1.807) is 0 Å². The third kappa shape index (κ3) is 2.56. The van der Waals surface area contributed by atoms with E-state index in [-0.39, 0.29) is 5.91 Å². The van der Waals surface area contributed by atoms with E-state index in [4.69, 9.17) is 5.73 Å². The largest absolute Gasteiger partial charge is 0.375 e. The molecule has 100 valence electrons. The maximum atomic E-state index is 12.2. The van der Waals surface area contributed by atoms with Gasteiger partial charge in [-0.1, -0.05) is 18.3 Å². The number of carbonyl (C=O) groups excluding carboxylic acids is 1. The minimum Gasteiger partial charge on any atom is -0.375 e. The summed E-state index contributed by atoms with van der Waals surface area (Å²) < 4.78 is 0.963. The molecule has 1 aromatic heterocycles. The van der Waals surface area contributed by atoms with E-state index >= 15 is 0 Å². The first kappa shape index (κ1) is 12.4. The molecule has 19 heavy (non-hydrogen) atoms. The number of anilines is 1. The Morgan fingerprint density at radius 3 is 3.05 bits per heavy atom. The lowest BCUT2D eigenvalue weighted by Gasteiger charge is -2.12. The molecule has 1 amide bonds. The molecule has 2 atom stereocenters. The Kier molecular flexibility index (Phi) is 3.14. The van der Waals surface area contributed by atoms with Crippen LogP contribution in [0.3, 0.4) is 0 Å². The van der Waals surface area contributed by atoms with Crippen LogP contribution >= 0.6 is 11.3 Å². The number of aromatic nitrogens is 1. The van der Waals surface area contributed by atoms with Gasteiger partial charge in [-0.25, -0.2) is 4.98 Å². The topological polar surface area (TPSA) is 68.0 Å². The quantitative estimate of drug-likeness (QED) is 0.885. The number of carbonyl (C=O) groups is 1. The molecule has 1 heterocycles. The Morgan fingerprint density at radius 1 is 1.47 bits per heavy atom. The zero-order valence-corrected chi connectivity index (χ0v) is 11.7. The highest BCUT2D eigenvalue weighted by Crippen LogP contribution is 2.26. The molecular weight excluding hydrogens is 258 g/mol. The number of nitrogen functional groups attached to an aromatic ring is 1. The first-order valence-corrected chi connectivity index (χ1v) is 7.40. The summed E-state index contributed by atoms with van der Waals surface area (Å²) in [5, 5.41) is 3.65. The SMILES string of the molecule is CC1CCC(NC(=O)c2ccc3nc(N)sc3c2)C1. The molecule has 2 unspecified atom stereocenters. The standard InChI is InChI=1S/C14H17N3OS/c1-8-2-4-10(6-8)16-13(18)9-3-5-11-12(7-9)19-14(15)17-11/h3,5,7-8,10H,2,4,6H2,1H3,(H2,15,17)(H,16,18). The molecule has 2 aromatic rings. The number of rotatable bonds is 2. The Hall–Kier alpha value is -1.62. The fourth-order valence-electron chi connectivity index (χ4n) is 2.69. The molecule has 1 aliphatic carbocycles. The van der Waals surface area contributed by atoms with E-state index in [0.29, 0.717) is 22.7 Å². The van der Waals surface area contributed by atoms with E-state index in [0.717, 1.165) is 23.1 Å². The predicted molar refractivity (Wildman–Crippen MR) is 78.3 cm³/mol. The highest BCUT2D eigenvalue weighted by Gasteiger charge is 2.23. The fraction of sp³-hybridized carbons (Fsp3) is 0.429. The van der Waals surface area contributed by atoms with Crippen molar-refractivity contribution >= 4 is 32.6 Å². The van der Waals surface area contributed by atoms with Gasteiger partial charge in [0.2, 0.25) is 0 Å². The van der Waals surface area contributed by atoms with Gasteiger partial charge in [0.05, 0.1) is 10.2 Å². The van der Waals surface area contributed by atoms with Crippen LogP contribution < -0.4 is 11.1 Å². The van der Waals surface area contributed by atoms with Crippen LogP contribution in [0.4, 0.5) is 5.13 Å². The van der Waals surface area contributed by atoms with Crippen molar-refractivity contribution in [3.8, 4) is 0 Å². The number of nitrogens with one attached hydrogen (secondary N) is 1. The Labute approximate surface area is 116 Å². The van der Waals surface area contributed by atoms with Crippen molar-refractivity contribution in [2.24, 2.45) is 5.92 Å². The monoisotopic (exact) mass is 275 g/mol. The van der Waals surface area contributed by atoms with Crippen LogP contribution in [0, 0.1) is 5.92 Å². The Bertz CT molecular complexity index is 622. The van der Waals surface area contributed by atoms with Gasteiger partial charge in [0.15, 0.2) is 5.13 Å². The number of nitrogens with two attached hydrogens (primary N) is 1. The zero-order chi connectivity index (χ0) is 13.4. The van der Waals surface area contributed by atoms with Gasteiger partial charge >= 0.3 is 0 Å². The third-order valence-electron chi connectivity index (χ3n) is 3.70. The lowest BCUT2D eigenvalue weighted by molar-refractivity contribution is 0.0937. The summed E-state index contributed by atoms with van der Waals surface area (Å²) in [6, 6.07) is 5.87. The van der Waals surface area contributed by atoms with Crippen LogP contribution in [0.25, 0.3) is 10.2 Å². The highest BCUT2D eigenvalue weighted by molar-refractivity contribution is 7.22. The third-order valence-corrected chi connectivity index (χ3v) is 4.54. The van der Waals surface area contributed by atoms with Crippen LogP contribution in [0.2, 0.25) is 0 Å². The summed E-state index contributed by atoms with van der Waals surface area (Å²) in [5.41, 5.74) is 7.22. The molecule has 1 fully saturated rings. The maximum absolute atomic E-state index is 12.2. The molecule has 0 bridgehead atoms. The normalized spacial score (nSPS) is 22.8. The van der Waals surface area contributed by atoms with Gasteiger partial charge in [0, 0.05) is 11.6 Å². The summed E-state index contributed by atoms with van der Waals surface area (Å²) >= 11 is 1.41. The van der Waals surface area contributed by atoms with Gasteiger partial charge in [-0.2, -0.15) is 0 Å². The smallest absolute Gasteiger partial charge is 0.251 e. The number of amides is 1. The second kappa shape index (κ2) is 4.81. The average Bonchev–Trinajstić information content (AvgIpc) is 2.93. The molecule has 1 aromatic carbocycles. The fourth-order valence-corrected chi connectivity index (χ4v) is 3.46. The van der Waals surface area contributed by atoms with Gasteiger partial charge in [-0.05, 0) is 43.4 Å². The summed E-state index contributed by atoms with van der Waals surface area (Å²) in [7, 11) is 0. The van der Waals surface area contributed by atoms with E-state index in [2.05, 4.69) is 17.2 Å². The summed E-state index contributed by atoms with van der Waals surface area (Å²) in [5.74, 6) is 0.724. The van der Waals surface area contributed by atoms with Gasteiger partial charge < -0.3 is 11.1 Å². The average molecular weight is 275 g/mol. The molecular formula is C14H17N3OS. The van der Waals surface area contributed by atoms with Crippen molar-refractivity contribution in [1.82, 2.24) is 10.3 Å². The zero-order valence-electron chi connectivity index (χ0n) is 10.8. The number of hydrogen-bond donors (Lipinski definition) is 2. The summed E-state index contributed by atoms with van der Waals surface area (Å²) in [6.07, 6.45) is 3.37. The lowest BCUT2D eigenvalue weighted by atomic mass is 10.1. The van der Waals surface area contributed by atoms with E-state index in [1.807, 2.05) is 18.2 Å². The van der Waals surface area contributed by atoms with Crippen LogP contribution in [0.5, 0.6) is 0 Å². The van der Waals surface area contributed by atoms with E-state index < -0.39 is 0 Å². The minimum atomic E-state index is 0.00738. The van der Waals surface area contributed by atoms with E-state index in [1.165, 1.54) is 17.8 Å². The second-order valence-corrected chi connectivity index (χ2v) is 6.39. The molecule has 0 spiro atoms. The van der Waals surface area contributed by atoms with Gasteiger partial charge in [-0.15, -0.1) is 0 Å². The van der Waals surface area contributed by atoms with Crippen LogP contribution in [0.15, 0.2) is 18.2 Å². The van der Waals surface area contributed by atoms with Crippen molar-refractivity contribution in [2.75, 3.05) is 5.73 Å². The first-order valence-electron chi connectivity index (χ1n) is 6.59. The molecule has 4 nitrogen and oxygen atoms in total. The number of hydrogen-bond acceptors (Lipinski definition) is 4. The van der Waals surface area contributed by atoms with Crippen LogP contribution in [0.1, 0.15) is 36.5 Å². The van der Waals surface area contributed by atoms with E-state index in [9.17, 15) is 4.79 Å². The summed E-state index contributed by atoms with van der Waals surface area (Å²) in [4.78, 5) is 16.4. The number of thiazole rings is 1. The number of fused-ring (bicyclic) bond motifs is 1. The number of nitrogens with zero attached hydrogens (tertiary/aromatic N) is 1. The van der Waals surface area contributed by atoms with Gasteiger partial charge in [-0.3, -0.25) is 4.79 Å². The molecule has 3 rings (SSSR count). The molecule has 0 radical (unpaired) electrons. The first-order chi connectivity index (χ1) is 9.11. The maximum Gasteiger partial charge on any atom is 0.251 e. The number of benzene rings is 1. The molecule has 3 N–H and O–H groups in total. The van der Waals surface area contributed by atoms with Gasteiger partial charge in [0.1, 0.15) is 0 Å². The Morgan fingerprint density at radius 2 is 2.32 bits per heavy atom. The minimum absolute atomic E-state index is 0.00738. The van der Waals surface area contributed by atoms with Crippen LogP contribution in [-0.4, -0.2) is 16.9 Å². The van der Waals surface area contributed by atoms with Gasteiger partial charge in [0.25, 0.3) is 5.91 Å². The summed E-state index contributed by atoms with van der Waals surface area (Å²) in [6.45, 7) is 2.23. The Balaban J connectivity index is 1.77. The van der Waals surface area contributed by atoms with Crippen molar-refractivity contribution in [2.45, 2.75) is 32.2 Å². The molecule has 5 heteroatoms. The lowest BCUT2D eigenvalue weighted by Crippen LogP contribution is -2.32. The molecule has 0 saturated heterocycles. The molecule has 0 aliphatic heterocycles. The second-order valence-electron chi connectivity index (χ2n) is 5.32. The van der Waals surface area contributed by atoms with Crippen molar-refractivity contribution in [3.05, 3.63) is 23.8 Å².